The van der Waals surface area contributed by atoms with Crippen LogP contribution in [0.1, 0.15) is 35.4 Å². The van der Waals surface area contributed by atoms with Crippen LogP contribution in [-0.2, 0) is 17.1 Å². The second-order valence-electron chi connectivity index (χ2n) is 10.5. The van der Waals surface area contributed by atoms with E-state index in [4.69, 9.17) is 5.11 Å². The Kier molecular flexibility index (Phi) is 8.33. The average molecular weight is 605 g/mol. The van der Waals surface area contributed by atoms with Crippen LogP contribution in [0.15, 0.2) is 42.5 Å². The van der Waals surface area contributed by atoms with Gasteiger partial charge in [-0.25, -0.2) is 14.0 Å². The van der Waals surface area contributed by atoms with Crippen molar-refractivity contribution >= 4 is 23.7 Å². The fraction of sp³-hybridized carbons (Fsp3) is 0.444. The van der Waals surface area contributed by atoms with Gasteiger partial charge >= 0.3 is 24.5 Å². The van der Waals surface area contributed by atoms with E-state index in [0.717, 1.165) is 11.9 Å². The SMILES string of the molecule is CN(C(=O)N(C)[C@@H]1CN(C(=O)[C@H]2C[C@H](NC(=O)O)C2)C[C@H]1c1ccc(F)cc1)c1cc(C(F)(F)F)cc(C(F)(F)F)c1. The number of alkyl halides is 6. The minimum Gasteiger partial charge on any atom is -0.465 e. The van der Waals surface area contributed by atoms with E-state index in [1.807, 2.05) is 0 Å². The largest absolute Gasteiger partial charge is 0.465 e. The zero-order valence-corrected chi connectivity index (χ0v) is 22.3. The molecule has 4 rings (SSSR count). The highest BCUT2D eigenvalue weighted by Crippen LogP contribution is 2.39. The molecule has 0 aromatic heterocycles. The molecule has 0 unspecified atom stereocenters. The van der Waals surface area contributed by atoms with Gasteiger partial charge in [0.25, 0.3) is 0 Å². The van der Waals surface area contributed by atoms with Crippen LogP contribution in [0, 0.1) is 11.7 Å². The van der Waals surface area contributed by atoms with Gasteiger partial charge in [-0.3, -0.25) is 9.69 Å². The highest BCUT2D eigenvalue weighted by molar-refractivity contribution is 5.92. The van der Waals surface area contributed by atoms with Gasteiger partial charge in [-0.15, -0.1) is 0 Å². The van der Waals surface area contributed by atoms with Gasteiger partial charge < -0.3 is 20.2 Å². The lowest BCUT2D eigenvalue weighted by Crippen LogP contribution is -2.50. The van der Waals surface area contributed by atoms with Crippen LogP contribution in [0.4, 0.5) is 46.0 Å². The molecule has 1 aliphatic heterocycles. The summed E-state index contributed by atoms with van der Waals surface area (Å²) in [6.07, 6.45) is -10.9. The topological polar surface area (TPSA) is 93.2 Å². The number of hydrogen-bond acceptors (Lipinski definition) is 3. The summed E-state index contributed by atoms with van der Waals surface area (Å²) in [5, 5.41) is 11.2. The third-order valence-corrected chi connectivity index (χ3v) is 7.76. The Balaban J connectivity index is 1.59. The second-order valence-corrected chi connectivity index (χ2v) is 10.5. The van der Waals surface area contributed by atoms with Crippen LogP contribution in [-0.4, -0.2) is 72.2 Å². The number of anilines is 1. The van der Waals surface area contributed by atoms with Gasteiger partial charge in [-0.1, -0.05) is 12.1 Å². The van der Waals surface area contributed by atoms with E-state index in [9.17, 15) is 45.1 Å². The lowest BCUT2D eigenvalue weighted by atomic mass is 9.79. The normalized spacial score (nSPS) is 22.4. The fourth-order valence-corrected chi connectivity index (χ4v) is 5.39. The Bertz CT molecular complexity index is 1310. The highest BCUT2D eigenvalue weighted by atomic mass is 19.4. The fourth-order valence-electron chi connectivity index (χ4n) is 5.39. The van der Waals surface area contributed by atoms with Gasteiger partial charge in [0, 0.05) is 50.7 Å². The molecule has 1 aliphatic carbocycles. The standard InChI is InChI=1S/C27H27F7N4O4/c1-36(20-10-16(26(29,30)31)9-17(11-20)27(32,33)34)25(42)37(2)22-13-38(12-21(22)14-3-5-18(28)6-4-14)23(39)15-7-19(8-15)35-24(40)41/h3-6,9-11,15,19,21-22,35H,7-8,12-13H2,1-2H3,(H,40,41)/t15-,19-,21-,22+/m0/s1. The summed E-state index contributed by atoms with van der Waals surface area (Å²) in [7, 11) is 2.37. The summed E-state index contributed by atoms with van der Waals surface area (Å²) < 4.78 is 94.0. The first-order valence-corrected chi connectivity index (χ1v) is 12.8. The second kappa shape index (κ2) is 11.3. The predicted octanol–water partition coefficient (Wildman–Crippen LogP) is 5.39. The first-order valence-electron chi connectivity index (χ1n) is 12.8. The molecule has 1 saturated heterocycles. The number of halogens is 7. The van der Waals surface area contributed by atoms with Crippen molar-refractivity contribution in [1.82, 2.24) is 15.1 Å². The van der Waals surface area contributed by atoms with Crippen molar-refractivity contribution in [3.05, 3.63) is 65.0 Å². The van der Waals surface area contributed by atoms with Gasteiger partial charge in [0.15, 0.2) is 0 Å². The number of carbonyl (C=O) groups excluding carboxylic acids is 2. The maximum Gasteiger partial charge on any atom is 0.416 e. The van der Waals surface area contributed by atoms with Crippen molar-refractivity contribution in [2.24, 2.45) is 5.92 Å². The number of nitrogens with zero attached hydrogens (tertiary/aromatic N) is 3. The predicted molar refractivity (Wildman–Crippen MR) is 135 cm³/mol. The highest BCUT2D eigenvalue weighted by Gasteiger charge is 2.45. The summed E-state index contributed by atoms with van der Waals surface area (Å²) in [6, 6.07) is 4.12. The number of rotatable bonds is 5. The number of nitrogens with one attached hydrogen (secondary N) is 1. The number of benzene rings is 2. The number of amides is 4. The van der Waals surface area contributed by atoms with E-state index in [2.05, 4.69) is 5.32 Å². The van der Waals surface area contributed by atoms with Crippen LogP contribution in [0.5, 0.6) is 0 Å². The molecule has 2 N–H and O–H groups in total. The molecule has 1 saturated carbocycles. The van der Waals surface area contributed by atoms with Gasteiger partial charge in [0.1, 0.15) is 5.82 Å². The van der Waals surface area contributed by atoms with Crippen LogP contribution in [0.2, 0.25) is 0 Å². The van der Waals surface area contributed by atoms with Crippen molar-refractivity contribution in [2.45, 2.75) is 43.2 Å². The van der Waals surface area contributed by atoms with Crippen molar-refractivity contribution in [2.75, 3.05) is 32.1 Å². The van der Waals surface area contributed by atoms with Crippen molar-refractivity contribution < 1.29 is 50.2 Å². The van der Waals surface area contributed by atoms with Crippen molar-refractivity contribution in [1.29, 1.82) is 0 Å². The van der Waals surface area contributed by atoms with E-state index in [-0.39, 0.29) is 43.9 Å². The molecule has 0 bridgehead atoms. The lowest BCUT2D eigenvalue weighted by Gasteiger charge is -2.36. The van der Waals surface area contributed by atoms with Crippen molar-refractivity contribution in [3.63, 3.8) is 0 Å². The van der Waals surface area contributed by atoms with Crippen LogP contribution >= 0.6 is 0 Å². The Labute approximate surface area is 235 Å². The van der Waals surface area contributed by atoms with Crippen LogP contribution in [0.25, 0.3) is 0 Å². The third kappa shape index (κ3) is 6.54. The van der Waals surface area contributed by atoms with E-state index in [1.165, 1.54) is 36.2 Å². The molecular weight excluding hydrogens is 577 g/mol. The maximum atomic E-state index is 13.6. The lowest BCUT2D eigenvalue weighted by molar-refractivity contribution is -0.143. The first kappa shape index (κ1) is 30.9. The number of carbonyl (C=O) groups is 3. The zero-order valence-electron chi connectivity index (χ0n) is 22.3. The molecule has 4 amide bonds. The molecule has 228 valence electrons. The molecule has 2 atom stereocenters. The Morgan fingerprint density at radius 2 is 1.45 bits per heavy atom. The summed E-state index contributed by atoms with van der Waals surface area (Å²) in [6.45, 7) is 0.0899. The number of urea groups is 1. The average Bonchev–Trinajstić information content (AvgIpc) is 3.33. The van der Waals surface area contributed by atoms with Crippen molar-refractivity contribution in [3.8, 4) is 0 Å². The van der Waals surface area contributed by atoms with E-state index < -0.39 is 65.0 Å². The summed E-state index contributed by atoms with van der Waals surface area (Å²) in [5.74, 6) is -1.84. The molecule has 0 radical (unpaired) electrons. The number of carboxylic acid groups (broad SMARTS) is 1. The smallest absolute Gasteiger partial charge is 0.416 e. The summed E-state index contributed by atoms with van der Waals surface area (Å²) in [4.78, 5) is 40.8. The van der Waals surface area contributed by atoms with E-state index >= 15 is 0 Å². The molecule has 15 heteroatoms. The molecule has 8 nitrogen and oxygen atoms in total. The van der Waals surface area contributed by atoms with E-state index in [0.29, 0.717) is 22.6 Å². The van der Waals surface area contributed by atoms with E-state index in [1.54, 1.807) is 0 Å². The number of likely N-dealkylation sites (tertiary alicyclic amines) is 1. The van der Waals surface area contributed by atoms with Crippen LogP contribution < -0.4 is 10.2 Å². The molecule has 2 aromatic carbocycles. The van der Waals surface area contributed by atoms with Gasteiger partial charge in [0.05, 0.1) is 17.2 Å². The Morgan fingerprint density at radius 1 is 0.905 bits per heavy atom. The van der Waals surface area contributed by atoms with Crippen LogP contribution in [0.3, 0.4) is 0 Å². The number of hydrogen-bond donors (Lipinski definition) is 2. The molecule has 2 fully saturated rings. The Morgan fingerprint density at radius 3 is 1.95 bits per heavy atom. The first-order chi connectivity index (χ1) is 19.5. The summed E-state index contributed by atoms with van der Waals surface area (Å²) in [5.41, 5.74) is -3.22. The van der Waals surface area contributed by atoms with Gasteiger partial charge in [0.2, 0.25) is 5.91 Å². The molecule has 0 spiro atoms. The quantitative estimate of drug-likeness (QED) is 0.448. The molecule has 1 heterocycles. The third-order valence-electron chi connectivity index (χ3n) is 7.76. The molecule has 42 heavy (non-hydrogen) atoms. The maximum absolute atomic E-state index is 13.6. The van der Waals surface area contributed by atoms with Gasteiger partial charge in [-0.2, -0.15) is 26.3 Å². The van der Waals surface area contributed by atoms with Gasteiger partial charge in [-0.05, 0) is 48.7 Å². The minimum absolute atomic E-state index is 0.0130. The zero-order chi connectivity index (χ0) is 31.1. The summed E-state index contributed by atoms with van der Waals surface area (Å²) >= 11 is 0. The monoisotopic (exact) mass is 604 g/mol. The Hall–Kier alpha value is -4.04. The number of likely N-dealkylation sites (N-methyl/N-ethyl adjacent to an activating group) is 1. The minimum atomic E-state index is -5.10. The molecule has 2 aliphatic rings. The molecular formula is C27H27F7N4O4. The molecule has 2 aromatic rings.